The monoisotopic (exact) mass is 590 g/mol. The van der Waals surface area contributed by atoms with Crippen molar-refractivity contribution in [2.24, 2.45) is 0 Å². The summed E-state index contributed by atoms with van der Waals surface area (Å²) in [6, 6.07) is 57.4. The van der Waals surface area contributed by atoms with Gasteiger partial charge in [-0.3, -0.25) is 0 Å². The summed E-state index contributed by atoms with van der Waals surface area (Å²) in [5.41, 5.74) is 9.81. The smallest absolute Gasteiger partial charge is 0.0719 e. The molecule has 0 bridgehead atoms. The maximum absolute atomic E-state index is 2.46. The molecule has 10 aromatic rings. The van der Waals surface area contributed by atoms with E-state index in [1.807, 2.05) is 11.3 Å². The van der Waals surface area contributed by atoms with Crippen LogP contribution in [0.3, 0.4) is 0 Å². The molecule has 3 heterocycles. The van der Waals surface area contributed by atoms with Crippen LogP contribution in [0.15, 0.2) is 158 Å². The molecule has 0 amide bonds. The Morgan fingerprint density at radius 3 is 1.73 bits per heavy atom. The first-order chi connectivity index (χ1) is 22.3. The number of rotatable bonds is 3. The average molecular weight is 591 g/mol. The molecule has 0 N–H and O–H groups in total. The third kappa shape index (κ3) is 3.50. The van der Waals surface area contributed by atoms with E-state index in [1.165, 1.54) is 86.3 Å². The number of para-hydroxylation sites is 3. The Hall–Kier alpha value is -5.64. The summed E-state index contributed by atoms with van der Waals surface area (Å²) in [7, 11) is 0. The van der Waals surface area contributed by atoms with Crippen LogP contribution in [0.5, 0.6) is 0 Å². The van der Waals surface area contributed by atoms with Crippen molar-refractivity contribution in [2.45, 2.75) is 0 Å². The molecule has 210 valence electrons. The van der Waals surface area contributed by atoms with E-state index in [-0.39, 0.29) is 0 Å². The molecule has 0 unspecified atom stereocenters. The molecular weight excluding hydrogens is 565 g/mol. The summed E-state index contributed by atoms with van der Waals surface area (Å²) in [4.78, 5) is 0. The molecule has 0 aliphatic carbocycles. The van der Waals surface area contributed by atoms with Crippen LogP contribution in [0.4, 0.5) is 0 Å². The number of hydrogen-bond acceptors (Lipinski definition) is 1. The van der Waals surface area contributed by atoms with Gasteiger partial charge in [0.25, 0.3) is 0 Å². The van der Waals surface area contributed by atoms with Gasteiger partial charge in [0.05, 0.1) is 26.8 Å². The molecule has 0 fully saturated rings. The van der Waals surface area contributed by atoms with Gasteiger partial charge in [-0.1, -0.05) is 109 Å². The standard InChI is InChI=1S/C42H26N2S/c1-3-11-27(12-4-1)28-19-21-30(22-20-28)43-36-18-10-8-16-33(36)39-37(43)25-26-38-40(39)34-24-23-32-31-15-7-9-17-35(31)44(41(32)42(34)45-38)29-13-5-2-6-14-29/h1-26H. The van der Waals surface area contributed by atoms with Crippen molar-refractivity contribution in [3.05, 3.63) is 158 Å². The minimum absolute atomic E-state index is 1.17. The van der Waals surface area contributed by atoms with E-state index in [2.05, 4.69) is 167 Å². The third-order valence-corrected chi connectivity index (χ3v) is 10.5. The molecule has 0 aliphatic heterocycles. The molecule has 10 rings (SSSR count). The summed E-state index contributed by atoms with van der Waals surface area (Å²) >= 11 is 1.91. The summed E-state index contributed by atoms with van der Waals surface area (Å²) in [5.74, 6) is 0. The highest BCUT2D eigenvalue weighted by atomic mass is 32.1. The second kappa shape index (κ2) is 9.43. The Morgan fingerprint density at radius 1 is 0.356 bits per heavy atom. The highest BCUT2D eigenvalue weighted by Gasteiger charge is 2.21. The molecule has 0 atom stereocenters. The van der Waals surface area contributed by atoms with Crippen molar-refractivity contribution in [1.29, 1.82) is 0 Å². The molecule has 0 radical (unpaired) electrons. The van der Waals surface area contributed by atoms with Crippen LogP contribution in [-0.2, 0) is 0 Å². The van der Waals surface area contributed by atoms with Crippen molar-refractivity contribution in [2.75, 3.05) is 0 Å². The van der Waals surface area contributed by atoms with Crippen LogP contribution in [0, 0.1) is 0 Å². The van der Waals surface area contributed by atoms with Crippen LogP contribution in [0.25, 0.3) is 86.3 Å². The molecule has 0 spiro atoms. The summed E-state index contributed by atoms with van der Waals surface area (Å²) in [6.45, 7) is 0. The zero-order valence-electron chi connectivity index (χ0n) is 24.3. The number of benzene rings is 7. The second-order valence-corrected chi connectivity index (χ2v) is 12.8. The SMILES string of the molecule is c1ccc(-c2ccc(-n3c4ccccc4c4c5c(ccc43)sc3c5ccc4c5ccccc5n(-c5ccccc5)c43)cc2)cc1. The normalized spacial score (nSPS) is 12.0. The Bertz CT molecular complexity index is 2730. The summed E-state index contributed by atoms with van der Waals surface area (Å²) < 4.78 is 7.54. The van der Waals surface area contributed by atoms with Gasteiger partial charge in [0, 0.05) is 48.4 Å². The molecule has 2 nitrogen and oxygen atoms in total. The highest BCUT2D eigenvalue weighted by Crippen LogP contribution is 2.47. The molecule has 0 saturated carbocycles. The van der Waals surface area contributed by atoms with Crippen molar-refractivity contribution in [1.82, 2.24) is 9.13 Å². The van der Waals surface area contributed by atoms with Gasteiger partial charge in [-0.15, -0.1) is 11.3 Å². The molecule has 45 heavy (non-hydrogen) atoms. The zero-order valence-corrected chi connectivity index (χ0v) is 25.1. The summed E-state index contributed by atoms with van der Waals surface area (Å²) in [6.07, 6.45) is 0. The first kappa shape index (κ1) is 24.8. The van der Waals surface area contributed by atoms with Crippen LogP contribution < -0.4 is 0 Å². The molecule has 7 aromatic carbocycles. The van der Waals surface area contributed by atoms with Gasteiger partial charge >= 0.3 is 0 Å². The van der Waals surface area contributed by atoms with Crippen molar-refractivity contribution < 1.29 is 0 Å². The largest absolute Gasteiger partial charge is 0.309 e. The Balaban J connectivity index is 1.30. The van der Waals surface area contributed by atoms with Gasteiger partial charge in [-0.2, -0.15) is 0 Å². The van der Waals surface area contributed by atoms with Crippen molar-refractivity contribution in [3.8, 4) is 22.5 Å². The van der Waals surface area contributed by atoms with Crippen LogP contribution >= 0.6 is 11.3 Å². The van der Waals surface area contributed by atoms with Crippen LogP contribution in [0.2, 0.25) is 0 Å². The fraction of sp³-hybridized carbons (Fsp3) is 0. The van der Waals surface area contributed by atoms with Gasteiger partial charge in [0.1, 0.15) is 0 Å². The number of aromatic nitrogens is 2. The lowest BCUT2D eigenvalue weighted by Gasteiger charge is -2.09. The van der Waals surface area contributed by atoms with Gasteiger partial charge in [0.2, 0.25) is 0 Å². The zero-order chi connectivity index (χ0) is 29.5. The molecule has 0 saturated heterocycles. The van der Waals surface area contributed by atoms with Crippen LogP contribution in [0.1, 0.15) is 0 Å². The lowest BCUT2D eigenvalue weighted by atomic mass is 10.0. The Labute approximate surface area is 263 Å². The highest BCUT2D eigenvalue weighted by molar-refractivity contribution is 7.27. The lowest BCUT2D eigenvalue weighted by Crippen LogP contribution is -1.93. The van der Waals surface area contributed by atoms with Gasteiger partial charge in [-0.05, 0) is 59.7 Å². The van der Waals surface area contributed by atoms with E-state index in [9.17, 15) is 0 Å². The van der Waals surface area contributed by atoms with Gasteiger partial charge < -0.3 is 9.13 Å². The predicted molar refractivity (Wildman–Crippen MR) is 193 cm³/mol. The topological polar surface area (TPSA) is 9.86 Å². The first-order valence-corrected chi connectivity index (χ1v) is 16.2. The minimum atomic E-state index is 1.17. The lowest BCUT2D eigenvalue weighted by molar-refractivity contribution is 1.18. The third-order valence-electron chi connectivity index (χ3n) is 9.32. The van der Waals surface area contributed by atoms with Crippen LogP contribution in [-0.4, -0.2) is 9.13 Å². The maximum atomic E-state index is 2.46. The molecular formula is C42H26N2S. The average Bonchev–Trinajstić information content (AvgIpc) is 3.77. The first-order valence-electron chi connectivity index (χ1n) is 15.4. The van der Waals surface area contributed by atoms with E-state index in [0.29, 0.717) is 0 Å². The van der Waals surface area contributed by atoms with Crippen molar-refractivity contribution >= 4 is 75.1 Å². The number of nitrogens with zero attached hydrogens (tertiary/aromatic N) is 2. The predicted octanol–water partition coefficient (Wildman–Crippen LogP) is 11.9. The fourth-order valence-electron chi connectivity index (χ4n) is 7.39. The molecule has 0 aliphatic rings. The second-order valence-electron chi connectivity index (χ2n) is 11.7. The molecule has 3 heteroatoms. The number of fused-ring (bicyclic) bond motifs is 11. The minimum Gasteiger partial charge on any atom is -0.309 e. The van der Waals surface area contributed by atoms with Gasteiger partial charge in [0.15, 0.2) is 0 Å². The Morgan fingerprint density at radius 2 is 0.956 bits per heavy atom. The quantitative estimate of drug-likeness (QED) is 0.194. The maximum Gasteiger partial charge on any atom is 0.0719 e. The van der Waals surface area contributed by atoms with E-state index in [1.54, 1.807) is 0 Å². The van der Waals surface area contributed by atoms with E-state index in [4.69, 9.17) is 0 Å². The van der Waals surface area contributed by atoms with E-state index < -0.39 is 0 Å². The van der Waals surface area contributed by atoms with E-state index >= 15 is 0 Å². The summed E-state index contributed by atoms with van der Waals surface area (Å²) in [5, 5.41) is 7.85. The Kier molecular flexibility index (Phi) is 5.19. The molecule has 3 aromatic heterocycles. The van der Waals surface area contributed by atoms with Gasteiger partial charge in [-0.25, -0.2) is 0 Å². The van der Waals surface area contributed by atoms with Crippen molar-refractivity contribution in [3.63, 3.8) is 0 Å². The van der Waals surface area contributed by atoms with E-state index in [0.717, 1.165) is 0 Å². The number of hydrogen-bond donors (Lipinski definition) is 0. The fourth-order valence-corrected chi connectivity index (χ4v) is 8.64. The number of thiophene rings is 1.